The predicted octanol–water partition coefficient (Wildman–Crippen LogP) is 5.59. The molecule has 5 nitrogen and oxygen atoms in total. The monoisotopic (exact) mass is 435 g/mol. The van der Waals surface area contributed by atoms with Crippen LogP contribution in [0.1, 0.15) is 73.8 Å². The van der Waals surface area contributed by atoms with E-state index < -0.39 is 0 Å². The van der Waals surface area contributed by atoms with Gasteiger partial charge in [-0.05, 0) is 49.8 Å². The van der Waals surface area contributed by atoms with Gasteiger partial charge in [-0.2, -0.15) is 0 Å². The zero-order valence-electron chi connectivity index (χ0n) is 17.6. The third kappa shape index (κ3) is 2.93. The van der Waals surface area contributed by atoms with Gasteiger partial charge in [-0.3, -0.25) is 19.0 Å². The molecule has 160 valence electrons. The van der Waals surface area contributed by atoms with E-state index in [0.29, 0.717) is 18.7 Å². The average Bonchev–Trinajstić information content (AvgIpc) is 3.09. The van der Waals surface area contributed by atoms with Crippen molar-refractivity contribution >= 4 is 45.6 Å². The summed E-state index contributed by atoms with van der Waals surface area (Å²) in [6.07, 6.45) is 14.1. The molecule has 1 saturated carbocycles. The molecule has 1 unspecified atom stereocenters. The Balaban J connectivity index is 1.46. The molecule has 0 radical (unpaired) electrons. The van der Waals surface area contributed by atoms with Crippen LogP contribution in [0.5, 0.6) is 0 Å². The Hall–Kier alpha value is -2.40. The lowest BCUT2D eigenvalue weighted by Gasteiger charge is -2.31. The number of nitrogens with zero attached hydrogens (tertiary/aromatic N) is 3. The van der Waals surface area contributed by atoms with Crippen molar-refractivity contribution < 1.29 is 9.59 Å². The number of carbonyl (C=O) groups is 2. The Bertz CT molecular complexity index is 1170. The lowest BCUT2D eigenvalue weighted by Crippen LogP contribution is -2.29. The first-order chi connectivity index (χ1) is 15.1. The lowest BCUT2D eigenvalue weighted by molar-refractivity contribution is -0.128. The number of hydrogen-bond acceptors (Lipinski definition) is 4. The van der Waals surface area contributed by atoms with Crippen molar-refractivity contribution in [1.29, 1.82) is 0 Å². The van der Waals surface area contributed by atoms with Crippen LogP contribution in [0.3, 0.4) is 0 Å². The van der Waals surface area contributed by atoms with E-state index in [1.807, 2.05) is 12.1 Å². The molecule has 4 aliphatic rings. The molecule has 3 heterocycles. The Morgan fingerprint density at radius 1 is 1.13 bits per heavy atom. The number of allylic oxidation sites excluding steroid dienone is 2. The van der Waals surface area contributed by atoms with E-state index >= 15 is 0 Å². The molecule has 3 aliphatic carbocycles. The molecule has 1 atom stereocenters. The number of carbonyl (C=O) groups excluding carboxylic acids is 2. The molecule has 2 aromatic heterocycles. The molecule has 0 aromatic carbocycles. The Morgan fingerprint density at radius 2 is 1.97 bits per heavy atom. The zero-order chi connectivity index (χ0) is 21.1. The summed E-state index contributed by atoms with van der Waals surface area (Å²) < 4.78 is 4.00. The molecule has 0 N–H and O–H groups in total. The third-order valence-corrected chi connectivity index (χ3v) is 7.97. The highest BCUT2D eigenvalue weighted by Crippen LogP contribution is 2.46. The van der Waals surface area contributed by atoms with Crippen molar-refractivity contribution in [2.75, 3.05) is 6.54 Å². The molecule has 6 rings (SSSR count). The van der Waals surface area contributed by atoms with Crippen molar-refractivity contribution in [3.8, 4) is 0 Å². The second kappa shape index (κ2) is 7.33. The van der Waals surface area contributed by atoms with Gasteiger partial charge < -0.3 is 4.57 Å². The number of rotatable bonds is 2. The standard InChI is InChI=1S/C25H26ClN3O2/c26-28-14-17-12-16(25(31)15-4-2-1-3-5-15)6-7-19(17)29-20-10-11-27-13-18(20)23-22(30)9-8-21(28)24(23)29/h8,10-11,13,15-16H,1-7,9,12,14H2. The van der Waals surface area contributed by atoms with Gasteiger partial charge in [0.25, 0.3) is 0 Å². The summed E-state index contributed by atoms with van der Waals surface area (Å²) in [5.74, 6) is 0.922. The highest BCUT2D eigenvalue weighted by atomic mass is 35.5. The highest BCUT2D eigenvalue weighted by molar-refractivity contribution is 6.21. The van der Waals surface area contributed by atoms with E-state index in [2.05, 4.69) is 9.55 Å². The molecule has 0 amide bonds. The SMILES string of the molecule is O=C1CC=C2c3c1c1cnccc1n3C1=C(CC(C(=O)C3CCCCC3)CC1)CN2Cl. The minimum Gasteiger partial charge on any atom is -0.311 e. The number of hydrogen-bond donors (Lipinski definition) is 0. The molecule has 0 bridgehead atoms. The second-order valence-corrected chi connectivity index (χ2v) is 9.82. The van der Waals surface area contributed by atoms with E-state index in [1.165, 1.54) is 30.5 Å². The minimum absolute atomic E-state index is 0.0932. The number of pyridine rings is 1. The Morgan fingerprint density at radius 3 is 2.81 bits per heavy atom. The maximum absolute atomic E-state index is 13.3. The number of fused-ring (bicyclic) bond motifs is 4. The summed E-state index contributed by atoms with van der Waals surface area (Å²) >= 11 is 6.80. The summed E-state index contributed by atoms with van der Waals surface area (Å²) in [6, 6.07) is 1.99. The van der Waals surface area contributed by atoms with Gasteiger partial charge in [0.05, 0.1) is 29.0 Å². The molecule has 0 spiro atoms. The normalized spacial score (nSPS) is 24.0. The van der Waals surface area contributed by atoms with Crippen molar-refractivity contribution in [3.05, 3.63) is 41.4 Å². The molecule has 1 fully saturated rings. The molecular formula is C25H26ClN3O2. The molecule has 31 heavy (non-hydrogen) atoms. The molecule has 0 saturated heterocycles. The fourth-order valence-electron chi connectivity index (χ4n) is 6.19. The largest absolute Gasteiger partial charge is 0.311 e. The van der Waals surface area contributed by atoms with Crippen LogP contribution in [0.25, 0.3) is 22.3 Å². The van der Waals surface area contributed by atoms with Gasteiger partial charge in [0, 0.05) is 53.5 Å². The van der Waals surface area contributed by atoms with Crippen LogP contribution in [0.15, 0.2) is 30.1 Å². The first kappa shape index (κ1) is 19.3. The van der Waals surface area contributed by atoms with Crippen molar-refractivity contribution in [1.82, 2.24) is 14.0 Å². The van der Waals surface area contributed by atoms with Crippen molar-refractivity contribution in [2.45, 2.75) is 57.8 Å². The topological polar surface area (TPSA) is 55.2 Å². The second-order valence-electron chi connectivity index (χ2n) is 9.42. The summed E-state index contributed by atoms with van der Waals surface area (Å²) in [4.78, 5) is 30.5. The van der Waals surface area contributed by atoms with Crippen LogP contribution in [-0.4, -0.2) is 32.1 Å². The number of ketones is 2. The maximum Gasteiger partial charge on any atom is 0.169 e. The number of halogens is 1. The van der Waals surface area contributed by atoms with E-state index in [9.17, 15) is 9.59 Å². The van der Waals surface area contributed by atoms with Crippen LogP contribution in [0.4, 0.5) is 0 Å². The van der Waals surface area contributed by atoms with Crippen LogP contribution in [-0.2, 0) is 4.79 Å². The van der Waals surface area contributed by atoms with Gasteiger partial charge in [-0.1, -0.05) is 19.3 Å². The minimum atomic E-state index is 0.0932. The number of aromatic nitrogens is 2. The maximum atomic E-state index is 13.3. The van der Waals surface area contributed by atoms with Gasteiger partial charge in [-0.15, -0.1) is 0 Å². The highest BCUT2D eigenvalue weighted by Gasteiger charge is 2.38. The first-order valence-corrected chi connectivity index (χ1v) is 11.9. The quantitative estimate of drug-likeness (QED) is 0.576. The van der Waals surface area contributed by atoms with Gasteiger partial charge in [0.2, 0.25) is 0 Å². The Kier molecular flexibility index (Phi) is 4.57. The van der Waals surface area contributed by atoms with E-state index in [-0.39, 0.29) is 17.6 Å². The van der Waals surface area contributed by atoms with Crippen LogP contribution in [0.2, 0.25) is 0 Å². The first-order valence-electron chi connectivity index (χ1n) is 11.5. The molecule has 2 aromatic rings. The molecule has 6 heteroatoms. The predicted molar refractivity (Wildman–Crippen MR) is 121 cm³/mol. The van der Waals surface area contributed by atoms with Crippen molar-refractivity contribution in [2.24, 2.45) is 11.8 Å². The van der Waals surface area contributed by atoms with Crippen molar-refractivity contribution in [3.63, 3.8) is 0 Å². The lowest BCUT2D eigenvalue weighted by atomic mass is 9.76. The smallest absolute Gasteiger partial charge is 0.169 e. The summed E-state index contributed by atoms with van der Waals surface area (Å²) in [5.41, 5.74) is 6.00. The summed E-state index contributed by atoms with van der Waals surface area (Å²) in [6.45, 7) is 0.596. The van der Waals surface area contributed by atoms with Crippen LogP contribution in [0, 0.1) is 11.8 Å². The van der Waals surface area contributed by atoms with E-state index in [0.717, 1.165) is 60.0 Å². The van der Waals surface area contributed by atoms with Gasteiger partial charge in [0.15, 0.2) is 5.78 Å². The van der Waals surface area contributed by atoms with Crippen LogP contribution < -0.4 is 0 Å². The van der Waals surface area contributed by atoms with Gasteiger partial charge >= 0.3 is 0 Å². The third-order valence-electron chi connectivity index (χ3n) is 7.67. The zero-order valence-corrected chi connectivity index (χ0v) is 18.3. The van der Waals surface area contributed by atoms with Gasteiger partial charge in [0.1, 0.15) is 5.78 Å². The fourth-order valence-corrected chi connectivity index (χ4v) is 6.48. The van der Waals surface area contributed by atoms with Crippen LogP contribution >= 0.6 is 11.8 Å². The molecule has 1 aliphatic heterocycles. The van der Waals surface area contributed by atoms with E-state index in [4.69, 9.17) is 11.8 Å². The van der Waals surface area contributed by atoms with E-state index in [1.54, 1.807) is 16.8 Å². The Labute approximate surface area is 186 Å². The molecular weight excluding hydrogens is 410 g/mol. The fraction of sp³-hybridized carbons (Fsp3) is 0.480. The average molecular weight is 436 g/mol. The summed E-state index contributed by atoms with van der Waals surface area (Å²) in [5, 5.41) is 0.896. The number of Topliss-reactive ketones (excluding diaryl/α,β-unsaturated/α-hetero) is 2. The summed E-state index contributed by atoms with van der Waals surface area (Å²) in [7, 11) is 0. The van der Waals surface area contributed by atoms with Gasteiger partial charge in [-0.25, -0.2) is 0 Å².